The molecule has 0 fully saturated rings. The second kappa shape index (κ2) is 4.22. The van der Waals surface area contributed by atoms with E-state index in [1.165, 1.54) is 13.0 Å². The molecule has 0 N–H and O–H groups in total. The van der Waals surface area contributed by atoms with E-state index >= 15 is 0 Å². The molecule has 0 radical (unpaired) electrons. The minimum absolute atomic E-state index is 0.0206. The molecule has 64 valence electrons. The maximum absolute atomic E-state index is 10.6. The van der Waals surface area contributed by atoms with Crippen molar-refractivity contribution in [1.29, 1.82) is 5.26 Å². The average Bonchev–Trinajstić information content (AvgIpc) is 2.15. The van der Waals surface area contributed by atoms with Gasteiger partial charge in [0.15, 0.2) is 5.78 Å². The fourth-order valence-corrected chi connectivity index (χ4v) is 0.951. The predicted molar refractivity (Wildman–Crippen MR) is 50.9 cm³/mol. The van der Waals surface area contributed by atoms with E-state index in [9.17, 15) is 4.79 Å². The van der Waals surface area contributed by atoms with E-state index in [0.717, 1.165) is 5.56 Å². The summed E-state index contributed by atoms with van der Waals surface area (Å²) in [5.41, 5.74) is 1.36. The Morgan fingerprint density at radius 3 is 2.77 bits per heavy atom. The summed E-state index contributed by atoms with van der Waals surface area (Å²) in [6.45, 7) is 1.48. The van der Waals surface area contributed by atoms with Crippen molar-refractivity contribution >= 4 is 11.9 Å². The van der Waals surface area contributed by atoms with Gasteiger partial charge in [-0.15, -0.1) is 0 Å². The number of benzene rings is 1. The summed E-state index contributed by atoms with van der Waals surface area (Å²) in [5.74, 6) is -0.0206. The standard InChI is InChI=1S/C11H9NO/c1-9(13)6-7-10-4-2-3-5-11(10)8-12/h2-7H,1H3/b7-6+. The van der Waals surface area contributed by atoms with Crippen LogP contribution < -0.4 is 0 Å². The van der Waals surface area contributed by atoms with E-state index < -0.39 is 0 Å². The van der Waals surface area contributed by atoms with E-state index in [0.29, 0.717) is 5.56 Å². The molecule has 0 atom stereocenters. The molecule has 0 bridgehead atoms. The zero-order valence-corrected chi connectivity index (χ0v) is 7.32. The van der Waals surface area contributed by atoms with Crippen LogP contribution in [0.1, 0.15) is 18.1 Å². The molecule has 0 aliphatic heterocycles. The molecular weight excluding hydrogens is 162 g/mol. The second-order valence-electron chi connectivity index (χ2n) is 2.64. The summed E-state index contributed by atoms with van der Waals surface area (Å²) in [5, 5.41) is 8.71. The molecule has 0 saturated heterocycles. The number of hydrogen-bond donors (Lipinski definition) is 0. The van der Waals surface area contributed by atoms with Crippen molar-refractivity contribution in [1.82, 2.24) is 0 Å². The molecular formula is C11H9NO. The van der Waals surface area contributed by atoms with Gasteiger partial charge in [-0.2, -0.15) is 5.26 Å². The highest BCUT2D eigenvalue weighted by atomic mass is 16.1. The van der Waals surface area contributed by atoms with Gasteiger partial charge in [0.2, 0.25) is 0 Å². The number of carbonyl (C=O) groups is 1. The molecule has 0 aliphatic carbocycles. The Morgan fingerprint density at radius 1 is 1.46 bits per heavy atom. The van der Waals surface area contributed by atoms with Gasteiger partial charge in [-0.05, 0) is 24.6 Å². The first-order chi connectivity index (χ1) is 6.24. The van der Waals surface area contributed by atoms with E-state index in [-0.39, 0.29) is 5.78 Å². The van der Waals surface area contributed by atoms with Crippen LogP contribution in [0.4, 0.5) is 0 Å². The van der Waals surface area contributed by atoms with Crippen LogP contribution >= 0.6 is 0 Å². The quantitative estimate of drug-likeness (QED) is 0.640. The largest absolute Gasteiger partial charge is 0.295 e. The van der Waals surface area contributed by atoms with Gasteiger partial charge in [-0.25, -0.2) is 0 Å². The Hall–Kier alpha value is -1.88. The third-order valence-electron chi connectivity index (χ3n) is 1.58. The van der Waals surface area contributed by atoms with Crippen LogP contribution in [0.2, 0.25) is 0 Å². The maximum Gasteiger partial charge on any atom is 0.152 e. The van der Waals surface area contributed by atoms with E-state index in [4.69, 9.17) is 5.26 Å². The number of rotatable bonds is 2. The highest BCUT2D eigenvalue weighted by molar-refractivity contribution is 5.91. The minimum atomic E-state index is -0.0206. The monoisotopic (exact) mass is 171 g/mol. The highest BCUT2D eigenvalue weighted by Crippen LogP contribution is 2.08. The third-order valence-corrected chi connectivity index (χ3v) is 1.58. The molecule has 0 amide bonds. The summed E-state index contributed by atoms with van der Waals surface area (Å²) >= 11 is 0. The lowest BCUT2D eigenvalue weighted by Crippen LogP contribution is -1.83. The number of allylic oxidation sites excluding steroid dienone is 1. The number of carbonyl (C=O) groups excluding carboxylic acids is 1. The summed E-state index contributed by atoms with van der Waals surface area (Å²) < 4.78 is 0. The Balaban J connectivity index is 3.02. The first-order valence-electron chi connectivity index (χ1n) is 3.92. The van der Waals surface area contributed by atoms with Gasteiger partial charge < -0.3 is 0 Å². The van der Waals surface area contributed by atoms with Crippen molar-refractivity contribution in [3.05, 3.63) is 41.5 Å². The molecule has 0 aromatic heterocycles. The van der Waals surface area contributed by atoms with Crippen LogP contribution in [0.15, 0.2) is 30.3 Å². The van der Waals surface area contributed by atoms with Gasteiger partial charge in [-0.3, -0.25) is 4.79 Å². The second-order valence-corrected chi connectivity index (χ2v) is 2.64. The van der Waals surface area contributed by atoms with Crippen LogP contribution in [-0.2, 0) is 4.79 Å². The Labute approximate surface area is 77.1 Å². The SMILES string of the molecule is CC(=O)/C=C/c1ccccc1C#N. The van der Waals surface area contributed by atoms with E-state index in [1.807, 2.05) is 6.07 Å². The zero-order valence-electron chi connectivity index (χ0n) is 7.32. The molecule has 2 heteroatoms. The van der Waals surface area contributed by atoms with Crippen molar-refractivity contribution in [3.63, 3.8) is 0 Å². The maximum atomic E-state index is 10.6. The van der Waals surface area contributed by atoms with Crippen LogP contribution in [0.5, 0.6) is 0 Å². The van der Waals surface area contributed by atoms with Gasteiger partial charge in [0, 0.05) is 0 Å². The van der Waals surface area contributed by atoms with Crippen molar-refractivity contribution in [2.75, 3.05) is 0 Å². The predicted octanol–water partition coefficient (Wildman–Crippen LogP) is 2.16. The lowest BCUT2D eigenvalue weighted by Gasteiger charge is -1.94. The molecule has 2 nitrogen and oxygen atoms in total. The van der Waals surface area contributed by atoms with Crippen molar-refractivity contribution < 1.29 is 4.79 Å². The summed E-state index contributed by atoms with van der Waals surface area (Å²) in [7, 11) is 0. The Kier molecular flexibility index (Phi) is 2.99. The van der Waals surface area contributed by atoms with Crippen molar-refractivity contribution in [2.24, 2.45) is 0 Å². The summed E-state index contributed by atoms with van der Waals surface area (Å²) in [6, 6.07) is 9.21. The zero-order chi connectivity index (χ0) is 9.68. The van der Waals surface area contributed by atoms with Gasteiger partial charge >= 0.3 is 0 Å². The molecule has 0 aliphatic rings. The first kappa shape index (κ1) is 9.21. The number of ketones is 1. The number of nitriles is 1. The highest BCUT2D eigenvalue weighted by Gasteiger charge is 1.95. The Morgan fingerprint density at radius 2 is 2.15 bits per heavy atom. The molecule has 0 unspecified atom stereocenters. The normalized spacial score (nSPS) is 9.85. The average molecular weight is 171 g/mol. The molecule has 1 aromatic carbocycles. The van der Waals surface area contributed by atoms with Gasteiger partial charge in [-0.1, -0.05) is 24.3 Å². The summed E-state index contributed by atoms with van der Waals surface area (Å²) in [4.78, 5) is 10.6. The van der Waals surface area contributed by atoms with Crippen LogP contribution in [0.25, 0.3) is 6.08 Å². The molecule has 1 rings (SSSR count). The van der Waals surface area contributed by atoms with Gasteiger partial charge in [0.25, 0.3) is 0 Å². The number of hydrogen-bond acceptors (Lipinski definition) is 2. The molecule has 1 aromatic rings. The smallest absolute Gasteiger partial charge is 0.152 e. The van der Waals surface area contributed by atoms with Crippen molar-refractivity contribution in [3.8, 4) is 6.07 Å². The topological polar surface area (TPSA) is 40.9 Å². The first-order valence-corrected chi connectivity index (χ1v) is 3.92. The van der Waals surface area contributed by atoms with Gasteiger partial charge in [0.1, 0.15) is 0 Å². The lowest BCUT2D eigenvalue weighted by atomic mass is 10.1. The lowest BCUT2D eigenvalue weighted by molar-refractivity contribution is -0.112. The Bertz CT molecular complexity index is 385. The minimum Gasteiger partial charge on any atom is -0.295 e. The van der Waals surface area contributed by atoms with Crippen LogP contribution in [0, 0.1) is 11.3 Å². The van der Waals surface area contributed by atoms with Crippen LogP contribution in [-0.4, -0.2) is 5.78 Å². The molecule has 0 heterocycles. The summed E-state index contributed by atoms with van der Waals surface area (Å²) in [6.07, 6.45) is 3.11. The number of nitrogens with zero attached hydrogens (tertiary/aromatic N) is 1. The van der Waals surface area contributed by atoms with Crippen molar-refractivity contribution in [2.45, 2.75) is 6.92 Å². The van der Waals surface area contributed by atoms with E-state index in [1.54, 1.807) is 24.3 Å². The van der Waals surface area contributed by atoms with E-state index in [2.05, 4.69) is 6.07 Å². The molecule has 0 saturated carbocycles. The fraction of sp³-hybridized carbons (Fsp3) is 0.0909. The fourth-order valence-electron chi connectivity index (χ4n) is 0.951. The molecule has 13 heavy (non-hydrogen) atoms. The van der Waals surface area contributed by atoms with Gasteiger partial charge in [0.05, 0.1) is 11.6 Å². The third kappa shape index (κ3) is 2.57. The molecule has 0 spiro atoms. The van der Waals surface area contributed by atoms with Crippen LogP contribution in [0.3, 0.4) is 0 Å².